The fraction of sp³-hybridized carbons (Fsp3) is 0.667. The van der Waals surface area contributed by atoms with Gasteiger partial charge in [0.25, 0.3) is 0 Å². The first-order chi connectivity index (χ1) is 23.1. The van der Waals surface area contributed by atoms with Gasteiger partial charge in [-0.2, -0.15) is 4.31 Å². The summed E-state index contributed by atoms with van der Waals surface area (Å²) in [5.41, 5.74) is 2.76. The third-order valence-corrected chi connectivity index (χ3v) is 11.2. The molecule has 0 N–H and O–H groups in total. The number of benzene rings is 1. The number of imidazole rings is 1. The van der Waals surface area contributed by atoms with Crippen molar-refractivity contribution >= 4 is 27.0 Å². The Bertz CT molecular complexity index is 1450. The Hall–Kier alpha value is -2.78. The van der Waals surface area contributed by atoms with Crippen LogP contribution in [0.2, 0.25) is 0 Å². The number of sulfonamides is 1. The van der Waals surface area contributed by atoms with Crippen LogP contribution < -0.4 is 0 Å². The molecule has 268 valence electrons. The molecule has 0 radical (unpaired) electrons. The van der Waals surface area contributed by atoms with E-state index < -0.39 is 22.0 Å². The molecule has 0 aliphatic carbocycles. The van der Waals surface area contributed by atoms with E-state index >= 15 is 0 Å². The monoisotopic (exact) mass is 682 g/mol. The molecule has 0 fully saturated rings. The Morgan fingerprint density at radius 2 is 1.38 bits per heavy atom. The number of hydrogen-bond donors (Lipinski definition) is 0. The van der Waals surface area contributed by atoms with Crippen LogP contribution in [-0.2, 0) is 26.1 Å². The topological polar surface area (TPSA) is 94.4 Å². The molecule has 0 aliphatic heterocycles. The maximum absolute atomic E-state index is 13.6. The van der Waals surface area contributed by atoms with Gasteiger partial charge in [-0.1, -0.05) is 129 Å². The number of rotatable bonds is 25. The van der Waals surface area contributed by atoms with E-state index in [1.807, 2.05) is 39.0 Å². The van der Waals surface area contributed by atoms with Crippen molar-refractivity contribution in [3.05, 3.63) is 54.1 Å². The molecule has 3 rings (SSSR count). The number of nitrogens with zero attached hydrogens (tertiary/aromatic N) is 4. The fourth-order valence-electron chi connectivity index (χ4n) is 6.34. The second kappa shape index (κ2) is 21.3. The summed E-state index contributed by atoms with van der Waals surface area (Å²) in [6.07, 6.45) is 24.4. The maximum atomic E-state index is 13.6. The van der Waals surface area contributed by atoms with Crippen LogP contribution in [0.5, 0.6) is 0 Å². The molecule has 48 heavy (non-hydrogen) atoms. The summed E-state index contributed by atoms with van der Waals surface area (Å²) in [5.74, 6) is 0.523. The van der Waals surface area contributed by atoms with E-state index in [0.717, 1.165) is 41.7 Å². The Balaban J connectivity index is 1.38. The normalized spacial score (nSPS) is 12.7. The van der Waals surface area contributed by atoms with Gasteiger partial charge in [0.2, 0.25) is 10.0 Å². The minimum Gasteiger partial charge on any atom is -0.464 e. The Morgan fingerprint density at radius 3 is 1.92 bits per heavy atom. The number of esters is 1. The van der Waals surface area contributed by atoms with Crippen molar-refractivity contribution in [3.8, 4) is 0 Å². The van der Waals surface area contributed by atoms with Crippen molar-refractivity contribution in [2.24, 2.45) is 5.92 Å². The highest BCUT2D eigenvalue weighted by atomic mass is 32.2. The molecule has 0 bridgehead atoms. The third-order valence-electron chi connectivity index (χ3n) is 9.33. The van der Waals surface area contributed by atoms with Crippen LogP contribution >= 0.6 is 0 Å². The van der Waals surface area contributed by atoms with E-state index in [9.17, 15) is 13.2 Å². The SMILES string of the molecule is CCCCCCCCCCCCCCCCCCOC(=O)[C@H](CC(C)C)N(C)S(=O)(=O)c1ccc(Cn2c(C)nc3cnccc32)cc1. The van der Waals surface area contributed by atoms with Crippen molar-refractivity contribution < 1.29 is 17.9 Å². The lowest BCUT2D eigenvalue weighted by atomic mass is 10.0. The Kier molecular flexibility index (Phi) is 17.6. The van der Waals surface area contributed by atoms with E-state index in [1.165, 1.54) is 94.8 Å². The average Bonchev–Trinajstić information content (AvgIpc) is 3.39. The van der Waals surface area contributed by atoms with Crippen LogP contribution in [0.25, 0.3) is 11.0 Å². The maximum Gasteiger partial charge on any atom is 0.324 e. The van der Waals surface area contributed by atoms with Crippen LogP contribution in [0, 0.1) is 12.8 Å². The molecule has 1 aromatic carbocycles. The van der Waals surface area contributed by atoms with Gasteiger partial charge >= 0.3 is 5.97 Å². The lowest BCUT2D eigenvalue weighted by Crippen LogP contribution is -2.44. The average molecular weight is 683 g/mol. The molecule has 2 heterocycles. The third kappa shape index (κ3) is 12.9. The Morgan fingerprint density at radius 1 is 0.833 bits per heavy atom. The van der Waals surface area contributed by atoms with Crippen LogP contribution in [0.15, 0.2) is 47.6 Å². The van der Waals surface area contributed by atoms with Crippen LogP contribution in [0.1, 0.15) is 141 Å². The molecule has 9 heteroatoms. The molecule has 0 amide bonds. The van der Waals surface area contributed by atoms with E-state index in [0.29, 0.717) is 19.6 Å². The number of carbonyl (C=O) groups excluding carboxylic acids is 1. The van der Waals surface area contributed by atoms with Gasteiger partial charge in [-0.05, 0) is 49.4 Å². The molecule has 1 atom stereocenters. The Labute approximate surface area is 291 Å². The minimum atomic E-state index is -3.91. The van der Waals surface area contributed by atoms with Crippen molar-refractivity contribution in [1.29, 1.82) is 0 Å². The van der Waals surface area contributed by atoms with Crippen LogP contribution in [0.4, 0.5) is 0 Å². The molecule has 0 spiro atoms. The summed E-state index contributed by atoms with van der Waals surface area (Å²) in [7, 11) is -2.42. The first kappa shape index (κ1) is 39.7. The second-order valence-electron chi connectivity index (χ2n) is 13.9. The zero-order valence-electron chi connectivity index (χ0n) is 30.5. The number of likely N-dealkylation sites (N-methyl/N-ethyl adjacent to an activating group) is 1. The summed E-state index contributed by atoms with van der Waals surface area (Å²) in [4.78, 5) is 22.1. The van der Waals surface area contributed by atoms with E-state index in [4.69, 9.17) is 4.74 Å². The first-order valence-corrected chi connectivity index (χ1v) is 20.1. The van der Waals surface area contributed by atoms with Crippen molar-refractivity contribution in [2.75, 3.05) is 13.7 Å². The standard InChI is InChI=1S/C39H62N4O4S/c1-6-7-8-9-10-11-12-13-14-15-16-17-18-19-20-21-28-47-39(44)38(29-32(2)3)42(5)48(45,46)35-24-22-34(23-25-35)31-43-33(4)41-36-30-40-27-26-37(36)43/h22-27,30,32,38H,6-21,28-29,31H2,1-5H3/t38-/m0/s1. The van der Waals surface area contributed by atoms with Gasteiger partial charge in [0.15, 0.2) is 0 Å². The van der Waals surface area contributed by atoms with E-state index in [2.05, 4.69) is 21.5 Å². The zero-order chi connectivity index (χ0) is 34.8. The number of aryl methyl sites for hydroxylation is 1. The number of pyridine rings is 1. The lowest BCUT2D eigenvalue weighted by Gasteiger charge is -2.27. The summed E-state index contributed by atoms with van der Waals surface area (Å²) in [6, 6.07) is 7.93. The van der Waals surface area contributed by atoms with Gasteiger partial charge in [0.05, 0.1) is 23.2 Å². The van der Waals surface area contributed by atoms with Gasteiger partial charge in [-0.25, -0.2) is 13.4 Å². The predicted octanol–water partition coefficient (Wildman–Crippen LogP) is 9.63. The molecule has 0 saturated heterocycles. The highest BCUT2D eigenvalue weighted by Gasteiger charge is 2.34. The van der Waals surface area contributed by atoms with Crippen molar-refractivity contribution in [2.45, 2.75) is 154 Å². The number of ether oxygens (including phenoxy) is 1. The number of aromatic nitrogens is 3. The number of carbonyl (C=O) groups is 1. The van der Waals surface area contributed by atoms with Crippen molar-refractivity contribution in [3.63, 3.8) is 0 Å². The lowest BCUT2D eigenvalue weighted by molar-refractivity contribution is -0.148. The molecule has 0 aliphatic rings. The molecule has 0 unspecified atom stereocenters. The summed E-state index contributed by atoms with van der Waals surface area (Å²) < 4.78 is 36.2. The van der Waals surface area contributed by atoms with Crippen LogP contribution in [0.3, 0.4) is 0 Å². The molecule has 3 aromatic rings. The molecular weight excluding hydrogens is 621 g/mol. The largest absolute Gasteiger partial charge is 0.464 e. The highest BCUT2D eigenvalue weighted by Crippen LogP contribution is 2.23. The number of fused-ring (bicyclic) bond motifs is 1. The molecule has 0 saturated carbocycles. The highest BCUT2D eigenvalue weighted by molar-refractivity contribution is 7.89. The summed E-state index contributed by atoms with van der Waals surface area (Å²) >= 11 is 0. The molecular formula is C39H62N4O4S. The summed E-state index contributed by atoms with van der Waals surface area (Å²) in [6.45, 7) is 9.08. The van der Waals surface area contributed by atoms with Gasteiger partial charge in [-0.15, -0.1) is 0 Å². The molecule has 8 nitrogen and oxygen atoms in total. The van der Waals surface area contributed by atoms with Crippen LogP contribution in [-0.4, -0.2) is 52.9 Å². The minimum absolute atomic E-state index is 0.126. The summed E-state index contributed by atoms with van der Waals surface area (Å²) in [5, 5.41) is 0. The quantitative estimate of drug-likeness (QED) is 0.0653. The number of unbranched alkanes of at least 4 members (excludes halogenated alkanes) is 15. The van der Waals surface area contributed by atoms with E-state index in [1.54, 1.807) is 24.5 Å². The fourth-order valence-corrected chi connectivity index (χ4v) is 7.66. The second-order valence-corrected chi connectivity index (χ2v) is 15.9. The number of hydrogen-bond acceptors (Lipinski definition) is 6. The van der Waals surface area contributed by atoms with Gasteiger partial charge in [-0.3, -0.25) is 9.78 Å². The zero-order valence-corrected chi connectivity index (χ0v) is 31.3. The van der Waals surface area contributed by atoms with Gasteiger partial charge in [0.1, 0.15) is 17.4 Å². The molecule has 2 aromatic heterocycles. The smallest absolute Gasteiger partial charge is 0.324 e. The van der Waals surface area contributed by atoms with Gasteiger partial charge in [0, 0.05) is 19.8 Å². The van der Waals surface area contributed by atoms with Crippen molar-refractivity contribution in [1.82, 2.24) is 18.8 Å². The predicted molar refractivity (Wildman–Crippen MR) is 197 cm³/mol. The van der Waals surface area contributed by atoms with E-state index in [-0.39, 0.29) is 10.8 Å². The first-order valence-electron chi connectivity index (χ1n) is 18.7. The van der Waals surface area contributed by atoms with Gasteiger partial charge < -0.3 is 9.30 Å².